The minimum atomic E-state index is 0.664. The Labute approximate surface area is 143 Å². The summed E-state index contributed by atoms with van der Waals surface area (Å²) in [5.74, 6) is 0.664. The summed E-state index contributed by atoms with van der Waals surface area (Å²) >= 11 is 1.55. The molecule has 0 radical (unpaired) electrons. The molecule has 0 aliphatic heterocycles. The molecule has 0 saturated carbocycles. The molecule has 2 heterocycles. The lowest BCUT2D eigenvalue weighted by Gasteiger charge is -2.07. The molecule has 0 spiro atoms. The molecule has 6 nitrogen and oxygen atoms in total. The molecule has 118 valence electrons. The zero-order valence-corrected chi connectivity index (χ0v) is 13.8. The van der Waals surface area contributed by atoms with E-state index in [1.165, 1.54) is 0 Å². The van der Waals surface area contributed by atoms with Crippen molar-refractivity contribution in [2.45, 2.75) is 17.8 Å². The minimum Gasteiger partial charge on any atom is -0.250 e. The largest absolute Gasteiger partial charge is 0.250 e. The first-order valence-electron chi connectivity index (χ1n) is 7.50. The molecule has 2 aromatic heterocycles. The smallest absolute Gasteiger partial charge is 0.214 e. The van der Waals surface area contributed by atoms with E-state index in [9.17, 15) is 0 Å². The van der Waals surface area contributed by atoms with Crippen molar-refractivity contribution in [2.24, 2.45) is 0 Å². The topological polar surface area (TPSA) is 69.4 Å². The summed E-state index contributed by atoms with van der Waals surface area (Å²) < 4.78 is 1.73. The summed E-state index contributed by atoms with van der Waals surface area (Å²) in [5.41, 5.74) is 4.63. The van der Waals surface area contributed by atoms with Crippen molar-refractivity contribution in [1.29, 1.82) is 0 Å². The quantitative estimate of drug-likeness (QED) is 0.534. The average Bonchev–Trinajstić information content (AvgIpc) is 3.09. The monoisotopic (exact) mass is 334 g/mol. The predicted octanol–water partition coefficient (Wildman–Crippen LogP) is 3.21. The van der Waals surface area contributed by atoms with Crippen molar-refractivity contribution in [3.8, 4) is 5.69 Å². The fourth-order valence-electron chi connectivity index (χ4n) is 2.39. The first-order chi connectivity index (χ1) is 11.8. The van der Waals surface area contributed by atoms with Crippen LogP contribution in [0.4, 0.5) is 0 Å². The summed E-state index contributed by atoms with van der Waals surface area (Å²) in [5, 5.41) is 12.7. The Hall–Kier alpha value is -2.80. The predicted molar refractivity (Wildman–Crippen MR) is 93.0 cm³/mol. The molecule has 7 heteroatoms. The van der Waals surface area contributed by atoms with Crippen molar-refractivity contribution >= 4 is 22.8 Å². The number of thioether (sulfide) groups is 1. The van der Waals surface area contributed by atoms with E-state index < -0.39 is 0 Å². The Morgan fingerprint density at radius 3 is 2.42 bits per heavy atom. The molecule has 0 fully saturated rings. The summed E-state index contributed by atoms with van der Waals surface area (Å²) in [4.78, 5) is 9.34. The molecule has 0 amide bonds. The van der Waals surface area contributed by atoms with Gasteiger partial charge in [0.25, 0.3) is 0 Å². The van der Waals surface area contributed by atoms with Gasteiger partial charge in [0.1, 0.15) is 0 Å². The Morgan fingerprint density at radius 1 is 0.917 bits per heavy atom. The fraction of sp³-hybridized carbons (Fsp3) is 0.118. The van der Waals surface area contributed by atoms with Gasteiger partial charge in [0.15, 0.2) is 0 Å². The number of para-hydroxylation sites is 3. The van der Waals surface area contributed by atoms with Crippen LogP contribution in [0, 0.1) is 6.92 Å². The minimum absolute atomic E-state index is 0.664. The van der Waals surface area contributed by atoms with Gasteiger partial charge in [-0.25, -0.2) is 9.97 Å². The highest BCUT2D eigenvalue weighted by molar-refractivity contribution is 7.98. The van der Waals surface area contributed by atoms with Crippen LogP contribution in [0.5, 0.6) is 0 Å². The molecule has 0 bridgehead atoms. The number of fused-ring (bicyclic) bond motifs is 1. The summed E-state index contributed by atoms with van der Waals surface area (Å²) in [6.45, 7) is 1.98. The van der Waals surface area contributed by atoms with Gasteiger partial charge in [0.05, 0.1) is 28.1 Å². The van der Waals surface area contributed by atoms with Crippen molar-refractivity contribution in [3.63, 3.8) is 0 Å². The van der Waals surface area contributed by atoms with Crippen LogP contribution in [0.3, 0.4) is 0 Å². The molecule has 0 aliphatic rings. The van der Waals surface area contributed by atoms with Crippen molar-refractivity contribution < 1.29 is 0 Å². The van der Waals surface area contributed by atoms with E-state index in [4.69, 9.17) is 4.98 Å². The van der Waals surface area contributed by atoms with Gasteiger partial charge in [-0.2, -0.15) is 4.68 Å². The van der Waals surface area contributed by atoms with Crippen LogP contribution in [-0.2, 0) is 5.75 Å². The fourth-order valence-corrected chi connectivity index (χ4v) is 3.29. The van der Waals surface area contributed by atoms with Crippen LogP contribution in [-0.4, -0.2) is 30.2 Å². The summed E-state index contributed by atoms with van der Waals surface area (Å²) in [7, 11) is 0. The van der Waals surface area contributed by atoms with Crippen molar-refractivity contribution in [1.82, 2.24) is 30.2 Å². The third kappa shape index (κ3) is 2.85. The lowest BCUT2D eigenvalue weighted by molar-refractivity contribution is 0.756. The maximum absolute atomic E-state index is 4.72. The van der Waals surface area contributed by atoms with E-state index in [0.717, 1.165) is 33.3 Å². The first-order valence-corrected chi connectivity index (χ1v) is 8.49. The molecular weight excluding hydrogens is 320 g/mol. The summed E-state index contributed by atoms with van der Waals surface area (Å²) in [6, 6.07) is 17.7. The second-order valence-electron chi connectivity index (χ2n) is 5.24. The normalized spacial score (nSPS) is 11.0. The number of aromatic nitrogens is 6. The Kier molecular flexibility index (Phi) is 3.92. The summed E-state index contributed by atoms with van der Waals surface area (Å²) in [6.07, 6.45) is 0. The van der Waals surface area contributed by atoms with E-state index in [1.54, 1.807) is 16.4 Å². The number of tetrazole rings is 1. The molecular formula is C17H14N6S. The highest BCUT2D eigenvalue weighted by atomic mass is 32.2. The molecule has 0 aliphatic carbocycles. The molecule has 2 aromatic carbocycles. The molecule has 0 N–H and O–H groups in total. The van der Waals surface area contributed by atoms with E-state index >= 15 is 0 Å². The molecule has 4 rings (SSSR count). The molecule has 0 unspecified atom stereocenters. The maximum Gasteiger partial charge on any atom is 0.214 e. The van der Waals surface area contributed by atoms with Gasteiger partial charge < -0.3 is 0 Å². The van der Waals surface area contributed by atoms with Gasteiger partial charge >= 0.3 is 0 Å². The zero-order valence-electron chi connectivity index (χ0n) is 13.0. The van der Waals surface area contributed by atoms with E-state index in [-0.39, 0.29) is 0 Å². The van der Waals surface area contributed by atoms with Crippen molar-refractivity contribution in [2.75, 3.05) is 0 Å². The Morgan fingerprint density at radius 2 is 1.62 bits per heavy atom. The van der Waals surface area contributed by atoms with Gasteiger partial charge in [0.2, 0.25) is 5.16 Å². The van der Waals surface area contributed by atoms with Crippen LogP contribution < -0.4 is 0 Å². The van der Waals surface area contributed by atoms with Crippen LogP contribution >= 0.6 is 11.8 Å². The van der Waals surface area contributed by atoms with Gasteiger partial charge in [-0.15, -0.1) is 5.10 Å². The Bertz CT molecular complexity index is 983. The second-order valence-corrected chi connectivity index (χ2v) is 6.18. The number of aryl methyl sites for hydroxylation is 1. The second kappa shape index (κ2) is 6.37. The highest BCUT2D eigenvalue weighted by Crippen LogP contribution is 2.23. The van der Waals surface area contributed by atoms with Crippen LogP contribution in [0.15, 0.2) is 59.8 Å². The lowest BCUT2D eigenvalue weighted by Crippen LogP contribution is -2.00. The van der Waals surface area contributed by atoms with Gasteiger partial charge in [0, 0.05) is 5.75 Å². The maximum atomic E-state index is 4.72. The van der Waals surface area contributed by atoms with Crippen molar-refractivity contribution in [3.05, 3.63) is 66.0 Å². The number of hydrogen-bond acceptors (Lipinski definition) is 6. The van der Waals surface area contributed by atoms with Crippen LogP contribution in [0.25, 0.3) is 16.7 Å². The van der Waals surface area contributed by atoms with Gasteiger partial charge in [-0.05, 0) is 41.6 Å². The van der Waals surface area contributed by atoms with Gasteiger partial charge in [-0.3, -0.25) is 0 Å². The molecule has 0 saturated heterocycles. The number of nitrogens with zero attached hydrogens (tertiary/aromatic N) is 6. The van der Waals surface area contributed by atoms with E-state index in [2.05, 4.69) is 20.5 Å². The highest BCUT2D eigenvalue weighted by Gasteiger charge is 2.11. The zero-order chi connectivity index (χ0) is 16.4. The third-order valence-corrected chi connectivity index (χ3v) is 4.55. The lowest BCUT2D eigenvalue weighted by atomic mass is 10.2. The number of rotatable bonds is 4. The molecule has 4 aromatic rings. The average molecular weight is 334 g/mol. The standard InChI is InChI=1S/C17H14N6S/c1-12-16(19-15-10-6-5-9-14(15)18-12)11-24-17-20-21-22-23(17)13-7-3-2-4-8-13/h2-10H,11H2,1H3. The Balaban J connectivity index is 1.60. The van der Waals surface area contributed by atoms with Crippen LogP contribution in [0.1, 0.15) is 11.4 Å². The molecule has 24 heavy (non-hydrogen) atoms. The first kappa shape index (κ1) is 14.8. The number of benzene rings is 2. The number of hydrogen-bond donors (Lipinski definition) is 0. The molecule has 0 atom stereocenters. The SMILES string of the molecule is Cc1nc2ccccc2nc1CSc1nnnn1-c1ccccc1. The van der Waals surface area contributed by atoms with E-state index in [1.807, 2.05) is 61.5 Å². The van der Waals surface area contributed by atoms with Crippen LogP contribution in [0.2, 0.25) is 0 Å². The third-order valence-electron chi connectivity index (χ3n) is 3.62. The van der Waals surface area contributed by atoms with Gasteiger partial charge in [-0.1, -0.05) is 42.1 Å². The van der Waals surface area contributed by atoms with E-state index in [0.29, 0.717) is 5.75 Å².